The van der Waals surface area contributed by atoms with Crippen LogP contribution in [0.15, 0.2) is 0 Å². The van der Waals surface area contributed by atoms with Gasteiger partial charge in [0.1, 0.15) is 6.04 Å². The number of aliphatic carboxylic acids is 1. The number of hydrogen-bond donors (Lipinski definition) is 2. The van der Waals surface area contributed by atoms with Crippen LogP contribution >= 0.6 is 0 Å². The first-order valence-electron chi connectivity index (χ1n) is 4.81. The fourth-order valence-corrected chi connectivity index (χ4v) is 0.926. The number of ether oxygens (including phenoxy) is 1. The molecule has 0 aromatic rings. The first-order valence-corrected chi connectivity index (χ1v) is 4.81. The molecule has 1 atom stereocenters. The molecule has 0 aliphatic carbocycles. The summed E-state index contributed by atoms with van der Waals surface area (Å²) in [6, 6.07) is -0.619. The van der Waals surface area contributed by atoms with Crippen LogP contribution < -0.4 is 5.48 Å². The lowest BCUT2D eigenvalue weighted by molar-refractivity contribution is -0.144. The second-order valence-corrected chi connectivity index (χ2v) is 2.99. The molecule has 0 aliphatic rings. The summed E-state index contributed by atoms with van der Waals surface area (Å²) >= 11 is 0. The van der Waals surface area contributed by atoms with Crippen LogP contribution in [0.1, 0.15) is 26.2 Å². The smallest absolute Gasteiger partial charge is 0.323 e. The third-order valence-electron chi connectivity index (χ3n) is 1.76. The Morgan fingerprint density at radius 3 is 2.71 bits per heavy atom. The Balaban J connectivity index is 3.57. The van der Waals surface area contributed by atoms with Crippen LogP contribution in [0.5, 0.6) is 0 Å². The fraction of sp³-hybridized carbons (Fsp3) is 0.889. The molecule has 0 saturated heterocycles. The predicted molar refractivity (Wildman–Crippen MR) is 51.9 cm³/mol. The van der Waals surface area contributed by atoms with Crippen LogP contribution in [0.3, 0.4) is 0 Å². The highest BCUT2D eigenvalue weighted by Gasteiger charge is 2.15. The molecule has 0 rings (SSSR count). The summed E-state index contributed by atoms with van der Waals surface area (Å²) in [5.41, 5.74) is 2.51. The molecule has 5 heteroatoms. The summed E-state index contributed by atoms with van der Waals surface area (Å²) in [6.07, 6.45) is 2.43. The summed E-state index contributed by atoms with van der Waals surface area (Å²) in [7, 11) is 1.56. The zero-order chi connectivity index (χ0) is 10.8. The van der Waals surface area contributed by atoms with Crippen molar-refractivity contribution in [1.29, 1.82) is 0 Å². The van der Waals surface area contributed by atoms with Crippen molar-refractivity contribution in [2.45, 2.75) is 32.2 Å². The van der Waals surface area contributed by atoms with Crippen molar-refractivity contribution < 1.29 is 19.5 Å². The molecule has 1 unspecified atom stereocenters. The van der Waals surface area contributed by atoms with Gasteiger partial charge in [0, 0.05) is 7.11 Å². The summed E-state index contributed by atoms with van der Waals surface area (Å²) in [5.74, 6) is -0.879. The lowest BCUT2D eigenvalue weighted by Crippen LogP contribution is -2.37. The van der Waals surface area contributed by atoms with E-state index >= 15 is 0 Å². The zero-order valence-corrected chi connectivity index (χ0v) is 8.78. The number of nitrogens with one attached hydrogen (secondary N) is 1. The van der Waals surface area contributed by atoms with E-state index in [0.29, 0.717) is 19.6 Å². The van der Waals surface area contributed by atoms with Gasteiger partial charge in [-0.05, 0) is 6.42 Å². The average Bonchev–Trinajstić information content (AvgIpc) is 2.16. The van der Waals surface area contributed by atoms with E-state index < -0.39 is 12.0 Å². The van der Waals surface area contributed by atoms with E-state index in [0.717, 1.165) is 12.8 Å². The number of hydroxylamine groups is 1. The third-order valence-corrected chi connectivity index (χ3v) is 1.76. The number of unbranched alkanes of at least 4 members (excludes halogenated alkanes) is 1. The highest BCUT2D eigenvalue weighted by Crippen LogP contribution is 2.00. The Labute approximate surface area is 84.3 Å². The van der Waals surface area contributed by atoms with Gasteiger partial charge in [-0.2, -0.15) is 5.48 Å². The van der Waals surface area contributed by atoms with Gasteiger partial charge < -0.3 is 9.84 Å². The molecular weight excluding hydrogens is 186 g/mol. The Morgan fingerprint density at radius 2 is 2.21 bits per heavy atom. The molecule has 5 nitrogen and oxygen atoms in total. The van der Waals surface area contributed by atoms with Crippen molar-refractivity contribution in [2.75, 3.05) is 20.3 Å². The predicted octanol–water partition coefficient (Wildman–Crippen LogP) is 0.797. The number of methoxy groups -OCH3 is 1. The van der Waals surface area contributed by atoms with Gasteiger partial charge in [0.15, 0.2) is 0 Å². The standard InChI is InChI=1S/C9H19NO4/c1-3-4-5-8(9(11)12)10-14-7-6-13-2/h8,10H,3-7H2,1-2H3,(H,11,12). The normalized spacial score (nSPS) is 12.7. The monoisotopic (exact) mass is 205 g/mol. The molecule has 0 aromatic carbocycles. The summed E-state index contributed by atoms with van der Waals surface area (Å²) in [5, 5.41) is 8.78. The van der Waals surface area contributed by atoms with Crippen molar-refractivity contribution in [3.63, 3.8) is 0 Å². The van der Waals surface area contributed by atoms with E-state index in [9.17, 15) is 4.79 Å². The first-order chi connectivity index (χ1) is 6.72. The van der Waals surface area contributed by atoms with E-state index in [-0.39, 0.29) is 0 Å². The van der Waals surface area contributed by atoms with E-state index in [1.165, 1.54) is 0 Å². The largest absolute Gasteiger partial charge is 0.480 e. The minimum absolute atomic E-state index is 0.354. The second-order valence-electron chi connectivity index (χ2n) is 2.99. The molecule has 2 N–H and O–H groups in total. The molecular formula is C9H19NO4. The molecule has 14 heavy (non-hydrogen) atoms. The Morgan fingerprint density at radius 1 is 1.50 bits per heavy atom. The molecule has 0 aromatic heterocycles. The van der Waals surface area contributed by atoms with Gasteiger partial charge in [-0.15, -0.1) is 0 Å². The molecule has 84 valence electrons. The van der Waals surface area contributed by atoms with Gasteiger partial charge in [0.25, 0.3) is 0 Å². The maximum atomic E-state index is 10.7. The van der Waals surface area contributed by atoms with Crippen LogP contribution in [0.25, 0.3) is 0 Å². The van der Waals surface area contributed by atoms with E-state index in [2.05, 4.69) is 5.48 Å². The van der Waals surface area contributed by atoms with Crippen LogP contribution in [-0.4, -0.2) is 37.4 Å². The molecule has 0 radical (unpaired) electrons. The van der Waals surface area contributed by atoms with Crippen molar-refractivity contribution >= 4 is 5.97 Å². The van der Waals surface area contributed by atoms with Gasteiger partial charge in [0.05, 0.1) is 13.2 Å². The highest BCUT2D eigenvalue weighted by molar-refractivity contribution is 5.73. The minimum atomic E-state index is -0.879. The number of rotatable bonds is 9. The Kier molecular flexibility index (Phi) is 8.51. The lowest BCUT2D eigenvalue weighted by Gasteiger charge is -2.13. The van der Waals surface area contributed by atoms with Crippen molar-refractivity contribution in [1.82, 2.24) is 5.48 Å². The van der Waals surface area contributed by atoms with Crippen molar-refractivity contribution in [3.05, 3.63) is 0 Å². The second kappa shape index (κ2) is 8.93. The van der Waals surface area contributed by atoms with Gasteiger partial charge in [-0.3, -0.25) is 9.63 Å². The minimum Gasteiger partial charge on any atom is -0.480 e. The Bertz CT molecular complexity index is 152. The number of carbonyl (C=O) groups is 1. The van der Waals surface area contributed by atoms with E-state index in [1.54, 1.807) is 7.11 Å². The van der Waals surface area contributed by atoms with E-state index in [1.807, 2.05) is 6.92 Å². The number of carboxylic acids is 1. The fourth-order valence-electron chi connectivity index (χ4n) is 0.926. The SMILES string of the molecule is CCCCC(NOCCOC)C(=O)O. The summed E-state index contributed by atoms with van der Waals surface area (Å²) < 4.78 is 4.75. The molecule has 0 fully saturated rings. The Hall–Kier alpha value is -0.650. The summed E-state index contributed by atoms with van der Waals surface area (Å²) in [6.45, 7) is 2.82. The maximum Gasteiger partial charge on any atom is 0.323 e. The van der Waals surface area contributed by atoms with Crippen molar-refractivity contribution in [2.24, 2.45) is 0 Å². The van der Waals surface area contributed by atoms with Crippen LogP contribution in [0.4, 0.5) is 0 Å². The van der Waals surface area contributed by atoms with Gasteiger partial charge >= 0.3 is 5.97 Å². The van der Waals surface area contributed by atoms with Crippen LogP contribution in [0, 0.1) is 0 Å². The maximum absolute atomic E-state index is 10.7. The van der Waals surface area contributed by atoms with Crippen LogP contribution in [-0.2, 0) is 14.4 Å². The van der Waals surface area contributed by atoms with E-state index in [4.69, 9.17) is 14.7 Å². The number of hydrogen-bond acceptors (Lipinski definition) is 4. The quantitative estimate of drug-likeness (QED) is 0.430. The van der Waals surface area contributed by atoms with Gasteiger partial charge in [-0.1, -0.05) is 19.8 Å². The molecule has 0 amide bonds. The lowest BCUT2D eigenvalue weighted by atomic mass is 10.1. The highest BCUT2D eigenvalue weighted by atomic mass is 16.7. The van der Waals surface area contributed by atoms with Crippen LogP contribution in [0.2, 0.25) is 0 Å². The summed E-state index contributed by atoms with van der Waals surface area (Å²) in [4.78, 5) is 15.6. The molecule has 0 saturated carbocycles. The number of carboxylic acid groups (broad SMARTS) is 1. The van der Waals surface area contributed by atoms with Crippen molar-refractivity contribution in [3.8, 4) is 0 Å². The molecule has 0 bridgehead atoms. The molecule has 0 heterocycles. The molecule has 0 spiro atoms. The van der Waals surface area contributed by atoms with Gasteiger partial charge in [-0.25, -0.2) is 0 Å². The molecule has 0 aliphatic heterocycles. The third kappa shape index (κ3) is 6.82. The zero-order valence-electron chi connectivity index (χ0n) is 8.78. The van der Waals surface area contributed by atoms with Gasteiger partial charge in [0.2, 0.25) is 0 Å². The topological polar surface area (TPSA) is 67.8 Å². The first kappa shape index (κ1) is 13.4. The average molecular weight is 205 g/mol.